The molecule has 19 heavy (non-hydrogen) atoms. The second kappa shape index (κ2) is 7.80. The van der Waals surface area contributed by atoms with E-state index in [-0.39, 0.29) is 5.91 Å². The number of nitrogens with zero attached hydrogens (tertiary/aromatic N) is 1. The Kier molecular flexibility index (Phi) is 6.72. The van der Waals surface area contributed by atoms with Crippen molar-refractivity contribution in [2.75, 3.05) is 26.2 Å². The summed E-state index contributed by atoms with van der Waals surface area (Å²) in [6.45, 7) is 7.98. The molecule has 4 nitrogen and oxygen atoms in total. The average molecular weight is 285 g/mol. The molecule has 1 rings (SSSR count). The van der Waals surface area contributed by atoms with Gasteiger partial charge in [0.2, 0.25) is 5.91 Å². The van der Waals surface area contributed by atoms with Crippen LogP contribution in [0.1, 0.15) is 46.0 Å². The zero-order chi connectivity index (χ0) is 14.3. The number of hydrogen-bond donors (Lipinski definition) is 2. The molecule has 1 saturated carbocycles. The van der Waals surface area contributed by atoms with Gasteiger partial charge in [0.15, 0.2) is 0 Å². The Morgan fingerprint density at radius 1 is 1.32 bits per heavy atom. The van der Waals surface area contributed by atoms with Crippen LogP contribution in [0, 0.1) is 5.41 Å². The number of rotatable bonds is 8. The van der Waals surface area contributed by atoms with Crippen LogP contribution in [0.15, 0.2) is 0 Å². The fourth-order valence-electron chi connectivity index (χ4n) is 2.80. The number of nitrogens with two attached hydrogens (primary N) is 1. The fraction of sp³-hybridized carbons (Fsp3) is 0.857. The predicted molar refractivity (Wildman–Crippen MR) is 83.1 cm³/mol. The van der Waals surface area contributed by atoms with E-state index >= 15 is 0 Å². The van der Waals surface area contributed by atoms with Crippen LogP contribution in [0.3, 0.4) is 0 Å². The van der Waals surface area contributed by atoms with Crippen molar-refractivity contribution >= 4 is 23.1 Å². The molecule has 3 N–H and O–H groups in total. The standard InChI is InChI=1S/C14H27N3OS/c1-3-10-17(4-2)11-9-16-13(18)14(12(15)19)7-5-6-8-14/h3-11H2,1-2H3,(H2,15,19)(H,16,18). The summed E-state index contributed by atoms with van der Waals surface area (Å²) in [5.74, 6) is 0.0325. The summed E-state index contributed by atoms with van der Waals surface area (Å²) in [5.41, 5.74) is 5.23. The highest BCUT2D eigenvalue weighted by atomic mass is 32.1. The highest BCUT2D eigenvalue weighted by Gasteiger charge is 2.43. The van der Waals surface area contributed by atoms with Crippen LogP contribution in [-0.2, 0) is 4.79 Å². The lowest BCUT2D eigenvalue weighted by molar-refractivity contribution is -0.127. The first-order valence-electron chi connectivity index (χ1n) is 7.37. The summed E-state index contributed by atoms with van der Waals surface area (Å²) in [5, 5.41) is 3.02. The van der Waals surface area contributed by atoms with Crippen LogP contribution < -0.4 is 11.1 Å². The maximum Gasteiger partial charge on any atom is 0.233 e. The third-order valence-corrected chi connectivity index (χ3v) is 4.45. The molecule has 5 heteroatoms. The maximum absolute atomic E-state index is 12.3. The van der Waals surface area contributed by atoms with E-state index in [1.165, 1.54) is 0 Å². The van der Waals surface area contributed by atoms with E-state index in [0.717, 1.165) is 51.7 Å². The molecule has 1 amide bonds. The van der Waals surface area contributed by atoms with Gasteiger partial charge in [-0.25, -0.2) is 0 Å². The van der Waals surface area contributed by atoms with E-state index in [0.29, 0.717) is 11.5 Å². The van der Waals surface area contributed by atoms with Crippen molar-refractivity contribution in [3.05, 3.63) is 0 Å². The lowest BCUT2D eigenvalue weighted by Gasteiger charge is -2.27. The summed E-state index contributed by atoms with van der Waals surface area (Å²) in [4.78, 5) is 15.0. The zero-order valence-corrected chi connectivity index (χ0v) is 13.0. The highest BCUT2D eigenvalue weighted by Crippen LogP contribution is 2.38. The maximum atomic E-state index is 12.3. The summed E-state index contributed by atoms with van der Waals surface area (Å²) in [6, 6.07) is 0. The number of nitrogens with one attached hydrogen (secondary N) is 1. The van der Waals surface area contributed by atoms with Crippen LogP contribution in [0.25, 0.3) is 0 Å². The van der Waals surface area contributed by atoms with Gasteiger partial charge in [0.1, 0.15) is 0 Å². The van der Waals surface area contributed by atoms with Gasteiger partial charge in [-0.3, -0.25) is 4.79 Å². The second-order valence-corrected chi connectivity index (χ2v) is 5.78. The minimum Gasteiger partial charge on any atom is -0.392 e. The van der Waals surface area contributed by atoms with Crippen LogP contribution >= 0.6 is 12.2 Å². The normalized spacial score (nSPS) is 17.6. The number of thiocarbonyl (C=S) groups is 1. The van der Waals surface area contributed by atoms with Crippen molar-refractivity contribution in [2.24, 2.45) is 11.1 Å². The van der Waals surface area contributed by atoms with Crippen LogP contribution in [0.4, 0.5) is 0 Å². The van der Waals surface area contributed by atoms with Crippen LogP contribution in [0.5, 0.6) is 0 Å². The number of carbonyl (C=O) groups excluding carboxylic acids is 1. The van der Waals surface area contributed by atoms with E-state index in [9.17, 15) is 4.79 Å². The van der Waals surface area contributed by atoms with E-state index in [1.807, 2.05) is 0 Å². The Bertz CT molecular complexity index is 314. The Morgan fingerprint density at radius 3 is 2.42 bits per heavy atom. The third kappa shape index (κ3) is 4.14. The van der Waals surface area contributed by atoms with Crippen molar-refractivity contribution in [1.29, 1.82) is 0 Å². The lowest BCUT2D eigenvalue weighted by atomic mass is 9.85. The number of carbonyl (C=O) groups is 1. The molecule has 110 valence electrons. The largest absolute Gasteiger partial charge is 0.392 e. The van der Waals surface area contributed by atoms with Gasteiger partial charge < -0.3 is 16.0 Å². The first-order chi connectivity index (χ1) is 9.06. The monoisotopic (exact) mass is 285 g/mol. The van der Waals surface area contributed by atoms with Gasteiger partial charge in [0.25, 0.3) is 0 Å². The quantitative estimate of drug-likeness (QED) is 0.666. The fourth-order valence-corrected chi connectivity index (χ4v) is 3.10. The highest BCUT2D eigenvalue weighted by molar-refractivity contribution is 7.80. The third-order valence-electron chi connectivity index (χ3n) is 4.06. The van der Waals surface area contributed by atoms with Gasteiger partial charge >= 0.3 is 0 Å². The average Bonchev–Trinajstić information content (AvgIpc) is 2.88. The van der Waals surface area contributed by atoms with Crippen LogP contribution in [0.2, 0.25) is 0 Å². The molecule has 0 unspecified atom stereocenters. The molecule has 0 aliphatic heterocycles. The van der Waals surface area contributed by atoms with Gasteiger partial charge in [-0.2, -0.15) is 0 Å². The first kappa shape index (κ1) is 16.4. The van der Waals surface area contributed by atoms with E-state index in [4.69, 9.17) is 18.0 Å². The molecule has 1 aliphatic rings. The lowest BCUT2D eigenvalue weighted by Crippen LogP contribution is -2.48. The first-order valence-corrected chi connectivity index (χ1v) is 7.78. The van der Waals surface area contributed by atoms with E-state index in [1.54, 1.807) is 0 Å². The van der Waals surface area contributed by atoms with E-state index in [2.05, 4.69) is 24.1 Å². The second-order valence-electron chi connectivity index (χ2n) is 5.34. The van der Waals surface area contributed by atoms with Gasteiger partial charge in [0, 0.05) is 13.1 Å². The van der Waals surface area contributed by atoms with Crippen molar-refractivity contribution < 1.29 is 4.79 Å². The molecule has 0 atom stereocenters. The molecular weight excluding hydrogens is 258 g/mol. The predicted octanol–water partition coefficient (Wildman–Crippen LogP) is 1.68. The minimum atomic E-state index is -0.572. The van der Waals surface area contributed by atoms with Gasteiger partial charge in [-0.1, -0.05) is 38.9 Å². The van der Waals surface area contributed by atoms with Crippen molar-refractivity contribution in [1.82, 2.24) is 10.2 Å². The molecule has 0 aromatic carbocycles. The van der Waals surface area contributed by atoms with Crippen LogP contribution in [-0.4, -0.2) is 42.0 Å². The summed E-state index contributed by atoms with van der Waals surface area (Å²) in [7, 11) is 0. The Labute approximate surface area is 122 Å². The molecule has 1 fully saturated rings. The molecule has 0 aromatic rings. The van der Waals surface area contributed by atoms with Crippen molar-refractivity contribution in [3.8, 4) is 0 Å². The molecule has 0 spiro atoms. The SMILES string of the molecule is CCCN(CC)CCNC(=O)C1(C(N)=S)CCCC1. The molecule has 0 aromatic heterocycles. The molecular formula is C14H27N3OS. The molecule has 0 heterocycles. The smallest absolute Gasteiger partial charge is 0.233 e. The van der Waals surface area contributed by atoms with Crippen molar-refractivity contribution in [3.63, 3.8) is 0 Å². The van der Waals surface area contributed by atoms with Gasteiger partial charge in [-0.15, -0.1) is 0 Å². The molecule has 0 radical (unpaired) electrons. The number of hydrogen-bond acceptors (Lipinski definition) is 3. The van der Waals surface area contributed by atoms with Gasteiger partial charge in [-0.05, 0) is 32.4 Å². The number of likely N-dealkylation sites (N-methyl/N-ethyl adjacent to an activating group) is 1. The van der Waals surface area contributed by atoms with Gasteiger partial charge in [0.05, 0.1) is 10.4 Å². The van der Waals surface area contributed by atoms with Crippen molar-refractivity contribution in [2.45, 2.75) is 46.0 Å². The Hall–Kier alpha value is -0.680. The molecule has 1 aliphatic carbocycles. The summed E-state index contributed by atoms with van der Waals surface area (Å²) in [6.07, 6.45) is 4.84. The van der Waals surface area contributed by atoms with E-state index < -0.39 is 5.41 Å². The summed E-state index contributed by atoms with van der Waals surface area (Å²) >= 11 is 5.12. The Balaban J connectivity index is 2.43. The summed E-state index contributed by atoms with van der Waals surface area (Å²) < 4.78 is 0. The molecule has 0 saturated heterocycles. The molecule has 0 bridgehead atoms. The zero-order valence-electron chi connectivity index (χ0n) is 12.2. The number of amides is 1. The Morgan fingerprint density at radius 2 is 1.95 bits per heavy atom. The minimum absolute atomic E-state index is 0.0325. The topological polar surface area (TPSA) is 58.4 Å².